The van der Waals surface area contributed by atoms with Gasteiger partial charge in [0.05, 0.1) is 11.1 Å². The predicted octanol–water partition coefficient (Wildman–Crippen LogP) is 20.1. The first-order chi connectivity index (χ1) is 41.2. The summed E-state index contributed by atoms with van der Waals surface area (Å²) in [6.45, 7) is -0.260. The Morgan fingerprint density at radius 2 is 0.711 bits per heavy atom. The number of hydrogen-bond donors (Lipinski definition) is 0. The van der Waals surface area contributed by atoms with Crippen molar-refractivity contribution in [2.24, 2.45) is 0 Å². The monoisotopic (exact) mass is 1060 g/mol. The summed E-state index contributed by atoms with van der Waals surface area (Å²) in [6.07, 6.45) is 0. The number of hydrogen-bond acceptors (Lipinski definition) is 4. The molecular formula is C78H52BN3O. The molecule has 5 heteroatoms. The maximum Gasteiger partial charge on any atom is 0.333 e. The topological polar surface area (TPSA) is 22.9 Å². The van der Waals surface area contributed by atoms with Crippen LogP contribution in [0.5, 0.6) is 0 Å². The van der Waals surface area contributed by atoms with Crippen LogP contribution in [0.4, 0.5) is 45.5 Å². The standard InChI is InChI=1S/C78H52BN3O/c1-6-18-53(19-7-1)58-30-39-63(40-31-58)80(64-41-32-59(33-42-64)54-20-8-2-9-21-54)67-47-49-72-69(51-67)70-52-75-76(68-28-16-17-29-74(68)83-75)78-77(70)79(82(72)66-45-36-61(37-46-66)56-24-12-4-13-25-56)71-50-62(57-26-14-5-15-27-57)38-48-73(71)81(78)65-43-34-60(35-44-65)55-22-10-3-11-23-55/h1-52H. The fourth-order valence-electron chi connectivity index (χ4n) is 12.9. The SMILES string of the molecule is c1ccc(-c2ccc(N3B4c5cc(-c6ccccc6)ccc5N(c5ccc(-c6ccccc6)cc5)c5c4c(cc4oc6ccccc6c54)-c4cc(N(c5ccc(-c6ccccc6)cc5)c5ccc(-c6ccccc6)cc5)ccc43)cc2)cc1. The molecule has 0 atom stereocenters. The normalized spacial score (nSPS) is 12.3. The van der Waals surface area contributed by atoms with Crippen LogP contribution in [0, 0.1) is 0 Å². The lowest BCUT2D eigenvalue weighted by Gasteiger charge is -2.46. The molecule has 0 amide bonds. The summed E-state index contributed by atoms with van der Waals surface area (Å²) in [5.74, 6) is 0. The van der Waals surface area contributed by atoms with Gasteiger partial charge in [-0.05, 0) is 157 Å². The largest absolute Gasteiger partial charge is 0.456 e. The summed E-state index contributed by atoms with van der Waals surface area (Å²) in [5.41, 5.74) is 26.8. The van der Waals surface area contributed by atoms with Crippen molar-refractivity contribution in [3.8, 4) is 66.8 Å². The first kappa shape index (κ1) is 48.1. The summed E-state index contributed by atoms with van der Waals surface area (Å²) in [6, 6.07) is 115. The third-order valence-electron chi connectivity index (χ3n) is 16.8. The van der Waals surface area contributed by atoms with Crippen LogP contribution in [-0.4, -0.2) is 6.85 Å². The number of anilines is 8. The maximum atomic E-state index is 7.09. The first-order valence-electron chi connectivity index (χ1n) is 28.5. The quantitative estimate of drug-likeness (QED) is 0.127. The molecule has 0 aliphatic carbocycles. The zero-order valence-corrected chi connectivity index (χ0v) is 45.3. The number of furan rings is 1. The van der Waals surface area contributed by atoms with Crippen LogP contribution in [0.25, 0.3) is 88.7 Å². The summed E-state index contributed by atoms with van der Waals surface area (Å²) >= 11 is 0. The molecule has 1 aromatic heterocycles. The molecule has 4 nitrogen and oxygen atoms in total. The molecule has 2 aliphatic heterocycles. The van der Waals surface area contributed by atoms with Gasteiger partial charge in [-0.2, -0.15) is 0 Å². The van der Waals surface area contributed by atoms with E-state index in [0.717, 1.165) is 84.1 Å². The van der Waals surface area contributed by atoms with E-state index in [1.807, 2.05) is 0 Å². The molecule has 2 aliphatic rings. The fourth-order valence-corrected chi connectivity index (χ4v) is 12.9. The molecule has 0 fully saturated rings. The highest BCUT2D eigenvalue weighted by Gasteiger charge is 2.47. The zero-order chi connectivity index (χ0) is 54.8. The highest BCUT2D eigenvalue weighted by atomic mass is 16.3. The van der Waals surface area contributed by atoms with Crippen molar-refractivity contribution in [3.05, 3.63) is 315 Å². The minimum atomic E-state index is -0.260. The lowest BCUT2D eigenvalue weighted by atomic mass is 9.43. The van der Waals surface area contributed by atoms with Crippen molar-refractivity contribution in [2.45, 2.75) is 0 Å². The first-order valence-corrected chi connectivity index (χ1v) is 28.5. The van der Waals surface area contributed by atoms with Crippen LogP contribution in [0.15, 0.2) is 320 Å². The van der Waals surface area contributed by atoms with Crippen LogP contribution >= 0.6 is 0 Å². The Kier molecular flexibility index (Phi) is 11.6. The van der Waals surface area contributed by atoms with Gasteiger partial charge in [-0.25, -0.2) is 0 Å². The second-order valence-corrected chi connectivity index (χ2v) is 21.6. The molecule has 0 N–H and O–H groups in total. The minimum Gasteiger partial charge on any atom is -0.456 e. The highest BCUT2D eigenvalue weighted by molar-refractivity contribution is 6.94. The molecule has 0 saturated heterocycles. The number of benzene rings is 13. The van der Waals surface area contributed by atoms with Gasteiger partial charge in [0, 0.05) is 50.8 Å². The lowest BCUT2D eigenvalue weighted by Crippen LogP contribution is -2.61. The van der Waals surface area contributed by atoms with E-state index in [9.17, 15) is 0 Å². The number of rotatable bonds is 10. The zero-order valence-electron chi connectivity index (χ0n) is 45.3. The van der Waals surface area contributed by atoms with E-state index in [1.165, 1.54) is 61.0 Å². The van der Waals surface area contributed by atoms with E-state index in [0.29, 0.717) is 0 Å². The highest BCUT2D eigenvalue weighted by Crippen LogP contribution is 2.53. The number of fused-ring (bicyclic) bond motifs is 8. The van der Waals surface area contributed by atoms with Crippen molar-refractivity contribution < 1.29 is 4.42 Å². The van der Waals surface area contributed by atoms with E-state index in [4.69, 9.17) is 4.42 Å². The second-order valence-electron chi connectivity index (χ2n) is 21.6. The molecule has 0 spiro atoms. The van der Waals surface area contributed by atoms with E-state index in [-0.39, 0.29) is 6.85 Å². The predicted molar refractivity (Wildman–Crippen MR) is 349 cm³/mol. The van der Waals surface area contributed by atoms with Crippen LogP contribution < -0.4 is 25.5 Å². The molecule has 3 heterocycles. The number of nitrogens with zero attached hydrogens (tertiary/aromatic N) is 3. The fraction of sp³-hybridized carbons (Fsp3) is 0. The average Bonchev–Trinajstić information content (AvgIpc) is 4.16. The Bertz CT molecular complexity index is 4600. The number of para-hydroxylation sites is 1. The van der Waals surface area contributed by atoms with Gasteiger partial charge in [-0.3, -0.25) is 0 Å². The van der Waals surface area contributed by atoms with Gasteiger partial charge in [0.15, 0.2) is 0 Å². The van der Waals surface area contributed by atoms with Crippen LogP contribution in [0.3, 0.4) is 0 Å². The van der Waals surface area contributed by atoms with Crippen molar-refractivity contribution in [3.63, 3.8) is 0 Å². The Labute approximate surface area is 483 Å². The molecule has 0 bridgehead atoms. The summed E-state index contributed by atoms with van der Waals surface area (Å²) in [7, 11) is 0. The Hall–Kier alpha value is -10.9. The van der Waals surface area contributed by atoms with Crippen molar-refractivity contribution in [2.75, 3.05) is 14.6 Å². The molecule has 388 valence electrons. The van der Waals surface area contributed by atoms with Gasteiger partial charge in [0.2, 0.25) is 0 Å². The molecule has 14 aromatic rings. The second kappa shape index (κ2) is 20.0. The van der Waals surface area contributed by atoms with E-state index in [2.05, 4.69) is 330 Å². The van der Waals surface area contributed by atoms with Gasteiger partial charge >= 0.3 is 6.85 Å². The van der Waals surface area contributed by atoms with Crippen LogP contribution in [0.2, 0.25) is 0 Å². The third kappa shape index (κ3) is 8.32. The molecule has 0 saturated carbocycles. The lowest BCUT2D eigenvalue weighted by molar-refractivity contribution is 0.669. The van der Waals surface area contributed by atoms with Crippen molar-refractivity contribution in [1.29, 1.82) is 0 Å². The Morgan fingerprint density at radius 3 is 1.23 bits per heavy atom. The molecule has 13 aromatic carbocycles. The maximum absolute atomic E-state index is 7.09. The summed E-state index contributed by atoms with van der Waals surface area (Å²) in [4.78, 5) is 7.55. The van der Waals surface area contributed by atoms with Crippen LogP contribution in [0.1, 0.15) is 0 Å². The average molecular weight is 1060 g/mol. The van der Waals surface area contributed by atoms with E-state index >= 15 is 0 Å². The molecule has 83 heavy (non-hydrogen) atoms. The van der Waals surface area contributed by atoms with Gasteiger partial charge in [-0.15, -0.1) is 0 Å². The molecular weight excluding hydrogens is 1010 g/mol. The van der Waals surface area contributed by atoms with Crippen molar-refractivity contribution in [1.82, 2.24) is 0 Å². The Balaban J connectivity index is 0.972. The smallest absolute Gasteiger partial charge is 0.333 e. The Morgan fingerprint density at radius 1 is 0.301 bits per heavy atom. The van der Waals surface area contributed by atoms with E-state index < -0.39 is 0 Å². The molecule has 0 unspecified atom stereocenters. The third-order valence-corrected chi connectivity index (χ3v) is 16.8. The molecule has 16 rings (SSSR count). The van der Waals surface area contributed by atoms with Gasteiger partial charge < -0.3 is 19.0 Å². The van der Waals surface area contributed by atoms with Gasteiger partial charge in [-0.1, -0.05) is 231 Å². The van der Waals surface area contributed by atoms with Crippen molar-refractivity contribution >= 4 is 85.2 Å². The van der Waals surface area contributed by atoms with Crippen LogP contribution in [-0.2, 0) is 0 Å². The summed E-state index contributed by atoms with van der Waals surface area (Å²) < 4.78 is 7.09. The van der Waals surface area contributed by atoms with Gasteiger partial charge in [0.25, 0.3) is 0 Å². The molecule has 0 radical (unpaired) electrons. The van der Waals surface area contributed by atoms with E-state index in [1.54, 1.807) is 0 Å². The summed E-state index contributed by atoms with van der Waals surface area (Å²) in [5, 5.41) is 2.17. The minimum absolute atomic E-state index is 0.260. The van der Waals surface area contributed by atoms with Gasteiger partial charge in [0.1, 0.15) is 11.2 Å².